The van der Waals surface area contributed by atoms with E-state index in [9.17, 15) is 14.4 Å². The van der Waals surface area contributed by atoms with Crippen LogP contribution in [0.3, 0.4) is 0 Å². The Bertz CT molecular complexity index is 1180. The van der Waals surface area contributed by atoms with E-state index in [1.807, 2.05) is 35.2 Å². The number of para-hydroxylation sites is 1. The van der Waals surface area contributed by atoms with E-state index in [1.54, 1.807) is 19.3 Å². The zero-order chi connectivity index (χ0) is 25.1. The second-order valence-electron chi connectivity index (χ2n) is 8.75. The SMILES string of the molecule is COCCOc1cc(C=C2SC(=O)NC2=O)nc(N2CC3CN(C(=O)Nc4ccccc4)CC3C2)n1. The molecule has 0 spiro atoms. The predicted molar refractivity (Wildman–Crippen MR) is 135 cm³/mol. The van der Waals surface area contributed by atoms with E-state index < -0.39 is 11.1 Å². The maximum Gasteiger partial charge on any atom is 0.321 e. The number of benzene rings is 1. The molecule has 12 heteroatoms. The molecule has 1 aromatic heterocycles. The van der Waals surface area contributed by atoms with Gasteiger partial charge in [-0.1, -0.05) is 18.2 Å². The molecule has 3 aliphatic heterocycles. The van der Waals surface area contributed by atoms with Crippen LogP contribution in [0, 0.1) is 11.8 Å². The third kappa shape index (κ3) is 5.44. The molecular formula is C24H26N6O5S. The van der Waals surface area contributed by atoms with Gasteiger partial charge >= 0.3 is 6.03 Å². The van der Waals surface area contributed by atoms with Gasteiger partial charge in [-0.05, 0) is 30.0 Å². The van der Waals surface area contributed by atoms with Crippen molar-refractivity contribution in [2.75, 3.05) is 56.7 Å². The Hall–Kier alpha value is -3.64. The summed E-state index contributed by atoms with van der Waals surface area (Å²) in [6.45, 7) is 3.42. The number of amides is 4. The number of hydrogen-bond donors (Lipinski definition) is 2. The minimum Gasteiger partial charge on any atom is -0.475 e. The smallest absolute Gasteiger partial charge is 0.321 e. The molecule has 5 rings (SSSR count). The molecule has 3 fully saturated rings. The van der Waals surface area contributed by atoms with E-state index in [-0.39, 0.29) is 10.9 Å². The normalized spacial score (nSPS) is 22.2. The topological polar surface area (TPSA) is 126 Å². The summed E-state index contributed by atoms with van der Waals surface area (Å²) < 4.78 is 10.8. The highest BCUT2D eigenvalue weighted by Crippen LogP contribution is 2.34. The van der Waals surface area contributed by atoms with E-state index in [2.05, 4.69) is 25.5 Å². The minimum absolute atomic E-state index is 0.0947. The summed E-state index contributed by atoms with van der Waals surface area (Å²) in [4.78, 5) is 49.7. The molecule has 3 saturated heterocycles. The molecule has 4 amide bonds. The van der Waals surface area contributed by atoms with Gasteiger partial charge in [-0.25, -0.2) is 9.78 Å². The Balaban J connectivity index is 1.28. The van der Waals surface area contributed by atoms with Crippen LogP contribution in [0.4, 0.5) is 21.2 Å². The number of imide groups is 1. The summed E-state index contributed by atoms with van der Waals surface area (Å²) in [5.74, 6) is 0.991. The summed E-state index contributed by atoms with van der Waals surface area (Å²) in [7, 11) is 1.59. The number of carbonyl (C=O) groups excluding carboxylic acids is 3. The molecule has 2 aromatic rings. The fourth-order valence-electron chi connectivity index (χ4n) is 4.55. The molecule has 0 saturated carbocycles. The molecule has 1 aromatic carbocycles. The monoisotopic (exact) mass is 510 g/mol. The lowest BCUT2D eigenvalue weighted by Crippen LogP contribution is -2.36. The highest BCUT2D eigenvalue weighted by atomic mass is 32.2. The van der Waals surface area contributed by atoms with Crippen LogP contribution in [-0.4, -0.2) is 78.5 Å². The average molecular weight is 511 g/mol. The van der Waals surface area contributed by atoms with Crippen LogP contribution >= 0.6 is 11.8 Å². The van der Waals surface area contributed by atoms with Gasteiger partial charge in [0.05, 0.1) is 17.2 Å². The van der Waals surface area contributed by atoms with E-state index in [0.29, 0.717) is 68.8 Å². The van der Waals surface area contributed by atoms with Crippen LogP contribution in [0.5, 0.6) is 5.88 Å². The van der Waals surface area contributed by atoms with Crippen molar-refractivity contribution in [1.82, 2.24) is 20.2 Å². The number of nitrogens with zero attached hydrogens (tertiary/aromatic N) is 4. The minimum atomic E-state index is -0.448. The van der Waals surface area contributed by atoms with E-state index in [1.165, 1.54) is 0 Å². The fraction of sp³-hybridized carbons (Fsp3) is 0.375. The molecule has 2 N–H and O–H groups in total. The van der Waals surface area contributed by atoms with Gasteiger partial charge in [-0.2, -0.15) is 4.98 Å². The van der Waals surface area contributed by atoms with Crippen LogP contribution in [0.15, 0.2) is 41.3 Å². The van der Waals surface area contributed by atoms with Crippen molar-refractivity contribution in [3.63, 3.8) is 0 Å². The molecule has 11 nitrogen and oxygen atoms in total. The van der Waals surface area contributed by atoms with Crippen LogP contribution in [0.25, 0.3) is 6.08 Å². The van der Waals surface area contributed by atoms with Crippen LogP contribution in [-0.2, 0) is 9.53 Å². The van der Waals surface area contributed by atoms with E-state index >= 15 is 0 Å². The van der Waals surface area contributed by atoms with Gasteiger partial charge in [0.2, 0.25) is 11.8 Å². The first-order chi connectivity index (χ1) is 17.5. The third-order valence-electron chi connectivity index (χ3n) is 6.25. The molecule has 0 radical (unpaired) electrons. The largest absolute Gasteiger partial charge is 0.475 e. The van der Waals surface area contributed by atoms with E-state index in [4.69, 9.17) is 9.47 Å². The summed E-state index contributed by atoms with van der Waals surface area (Å²) in [5, 5.41) is 4.79. The maximum absolute atomic E-state index is 12.7. The lowest BCUT2D eigenvalue weighted by Gasteiger charge is -2.22. The van der Waals surface area contributed by atoms with Gasteiger partial charge in [-0.15, -0.1) is 0 Å². The first-order valence-corrected chi connectivity index (χ1v) is 12.4. The van der Waals surface area contributed by atoms with Gasteiger partial charge in [0.25, 0.3) is 11.1 Å². The lowest BCUT2D eigenvalue weighted by molar-refractivity contribution is -0.115. The zero-order valence-corrected chi connectivity index (χ0v) is 20.5. The number of nitrogens with one attached hydrogen (secondary N) is 2. The molecule has 2 atom stereocenters. The summed E-state index contributed by atoms with van der Waals surface area (Å²) in [6.07, 6.45) is 1.56. The van der Waals surface area contributed by atoms with Crippen molar-refractivity contribution >= 4 is 46.7 Å². The Morgan fingerprint density at radius 3 is 2.56 bits per heavy atom. The third-order valence-corrected chi connectivity index (χ3v) is 7.06. The van der Waals surface area contributed by atoms with Crippen molar-refractivity contribution in [1.29, 1.82) is 0 Å². The first-order valence-electron chi connectivity index (χ1n) is 11.6. The highest BCUT2D eigenvalue weighted by Gasteiger charge is 2.42. The second kappa shape index (κ2) is 10.5. The van der Waals surface area contributed by atoms with Crippen LogP contribution in [0.1, 0.15) is 5.69 Å². The molecule has 0 bridgehead atoms. The maximum atomic E-state index is 12.7. The highest BCUT2D eigenvalue weighted by molar-refractivity contribution is 8.18. The number of rotatable bonds is 7. The van der Waals surface area contributed by atoms with Crippen LogP contribution < -0.4 is 20.3 Å². The quantitative estimate of drug-likeness (QED) is 0.427. The number of anilines is 2. The molecule has 0 aliphatic carbocycles. The number of hydrogen-bond acceptors (Lipinski definition) is 9. The number of likely N-dealkylation sites (tertiary alicyclic amines) is 1. The Kier molecular flexibility index (Phi) is 7.05. The molecule has 4 heterocycles. The number of ether oxygens (including phenoxy) is 2. The predicted octanol–water partition coefficient (Wildman–Crippen LogP) is 2.43. The van der Waals surface area contributed by atoms with Gasteiger partial charge in [0, 0.05) is 56.9 Å². The summed E-state index contributed by atoms with van der Waals surface area (Å²) in [6, 6.07) is 11.0. The Morgan fingerprint density at radius 1 is 1.14 bits per heavy atom. The Morgan fingerprint density at radius 2 is 1.89 bits per heavy atom. The number of thioether (sulfide) groups is 1. The number of carbonyl (C=O) groups is 3. The van der Waals surface area contributed by atoms with Gasteiger partial charge in [0.1, 0.15) is 6.61 Å². The van der Waals surface area contributed by atoms with Gasteiger partial charge in [-0.3, -0.25) is 14.9 Å². The number of fused-ring (bicyclic) bond motifs is 1. The Labute approximate surface area is 212 Å². The second-order valence-corrected chi connectivity index (χ2v) is 9.77. The van der Waals surface area contributed by atoms with Crippen molar-refractivity contribution in [3.8, 4) is 5.88 Å². The molecular weight excluding hydrogens is 484 g/mol. The van der Waals surface area contributed by atoms with Crippen molar-refractivity contribution in [3.05, 3.63) is 47.0 Å². The zero-order valence-electron chi connectivity index (χ0n) is 19.7. The fourth-order valence-corrected chi connectivity index (χ4v) is 5.22. The number of aromatic nitrogens is 2. The van der Waals surface area contributed by atoms with Crippen LogP contribution in [0.2, 0.25) is 0 Å². The molecule has 3 aliphatic rings. The van der Waals surface area contributed by atoms with Crippen molar-refractivity contribution in [2.24, 2.45) is 11.8 Å². The molecule has 2 unspecified atom stereocenters. The molecule has 36 heavy (non-hydrogen) atoms. The summed E-state index contributed by atoms with van der Waals surface area (Å²) in [5.41, 5.74) is 1.25. The van der Waals surface area contributed by atoms with E-state index in [0.717, 1.165) is 17.4 Å². The van der Waals surface area contributed by atoms with Crippen molar-refractivity contribution < 1.29 is 23.9 Å². The molecule has 188 valence electrons. The average Bonchev–Trinajstić information content (AvgIpc) is 3.53. The summed E-state index contributed by atoms with van der Waals surface area (Å²) >= 11 is 0.834. The standard InChI is InChI=1S/C24H26N6O5S/c1-34-7-8-35-20-10-18(9-19-21(31)28-24(33)36-19)25-22(27-20)29-11-15-13-30(14-16(15)12-29)23(32)26-17-5-3-2-4-6-17/h2-6,9-10,15-16H,7-8,11-14H2,1H3,(H,26,32)(H,28,31,33). The van der Waals surface area contributed by atoms with Gasteiger partial charge < -0.3 is 24.6 Å². The van der Waals surface area contributed by atoms with Gasteiger partial charge in [0.15, 0.2) is 0 Å². The number of urea groups is 1. The van der Waals surface area contributed by atoms with Crippen molar-refractivity contribution in [2.45, 2.75) is 0 Å². The number of methoxy groups -OCH3 is 1. The first kappa shape index (κ1) is 24.1. The lowest BCUT2D eigenvalue weighted by atomic mass is 10.0.